The van der Waals surface area contributed by atoms with Gasteiger partial charge >= 0.3 is 0 Å². The molecule has 0 saturated heterocycles. The molecule has 0 aliphatic rings. The van der Waals surface area contributed by atoms with Crippen molar-refractivity contribution >= 4 is 11.6 Å². The van der Waals surface area contributed by atoms with E-state index in [1.165, 1.54) is 24.0 Å². The second kappa shape index (κ2) is 7.78. The Balaban J connectivity index is 2.08. The van der Waals surface area contributed by atoms with E-state index in [1.807, 2.05) is 13.0 Å². The molecular formula is C18H26N4. The second-order valence-electron chi connectivity index (χ2n) is 5.71. The summed E-state index contributed by atoms with van der Waals surface area (Å²) in [5.74, 6) is 2.66. The molecule has 1 aromatic heterocycles. The molecule has 0 fully saturated rings. The number of aryl methyl sites for hydroxylation is 2. The van der Waals surface area contributed by atoms with Gasteiger partial charge in [0.25, 0.3) is 0 Å². The fourth-order valence-corrected chi connectivity index (χ4v) is 2.34. The van der Waals surface area contributed by atoms with Crippen molar-refractivity contribution < 1.29 is 0 Å². The van der Waals surface area contributed by atoms with Crippen LogP contribution in [-0.4, -0.2) is 23.6 Å². The monoisotopic (exact) mass is 298 g/mol. The number of unbranched alkanes of at least 4 members (excludes halogenated alkanes) is 1. The van der Waals surface area contributed by atoms with Gasteiger partial charge in [0.1, 0.15) is 17.5 Å². The molecule has 0 aliphatic carbocycles. The van der Waals surface area contributed by atoms with Crippen LogP contribution in [0.4, 0.5) is 11.6 Å². The molecule has 0 radical (unpaired) electrons. The first-order valence-electron chi connectivity index (χ1n) is 7.95. The lowest BCUT2D eigenvalue weighted by atomic mass is 10.1. The lowest BCUT2D eigenvalue weighted by Gasteiger charge is -2.19. The van der Waals surface area contributed by atoms with E-state index in [1.54, 1.807) is 0 Å². The van der Waals surface area contributed by atoms with Gasteiger partial charge in [-0.25, -0.2) is 9.97 Å². The van der Waals surface area contributed by atoms with Gasteiger partial charge in [-0.1, -0.05) is 37.6 Å². The molecule has 118 valence electrons. The summed E-state index contributed by atoms with van der Waals surface area (Å²) >= 11 is 0. The Kier molecular flexibility index (Phi) is 5.75. The highest BCUT2D eigenvalue weighted by Crippen LogP contribution is 2.17. The van der Waals surface area contributed by atoms with Crippen molar-refractivity contribution in [2.75, 3.05) is 23.8 Å². The van der Waals surface area contributed by atoms with Crippen LogP contribution in [0.2, 0.25) is 0 Å². The molecule has 1 aromatic carbocycles. The molecule has 2 aromatic rings. The summed E-state index contributed by atoms with van der Waals surface area (Å²) in [4.78, 5) is 11.2. The number of aromatic nitrogens is 2. The van der Waals surface area contributed by atoms with Gasteiger partial charge in [-0.2, -0.15) is 0 Å². The third-order valence-electron chi connectivity index (χ3n) is 3.78. The maximum atomic E-state index is 4.53. The fourth-order valence-electron chi connectivity index (χ4n) is 2.34. The third-order valence-corrected chi connectivity index (χ3v) is 3.78. The number of nitrogens with one attached hydrogen (secondary N) is 1. The molecule has 0 amide bonds. The molecule has 1 heterocycles. The summed E-state index contributed by atoms with van der Waals surface area (Å²) in [6.45, 7) is 8.07. The minimum absolute atomic E-state index is 0.779. The first-order valence-corrected chi connectivity index (χ1v) is 7.95. The largest absolute Gasteiger partial charge is 0.366 e. The van der Waals surface area contributed by atoms with E-state index in [9.17, 15) is 0 Å². The predicted molar refractivity (Wildman–Crippen MR) is 93.5 cm³/mol. The fraction of sp³-hybridized carbons (Fsp3) is 0.444. The topological polar surface area (TPSA) is 41.0 Å². The van der Waals surface area contributed by atoms with Gasteiger partial charge in [0.2, 0.25) is 0 Å². The number of hydrogen-bond donors (Lipinski definition) is 1. The minimum Gasteiger partial charge on any atom is -0.366 e. The van der Waals surface area contributed by atoms with Crippen molar-refractivity contribution in [1.82, 2.24) is 9.97 Å². The average Bonchev–Trinajstić information content (AvgIpc) is 2.51. The summed E-state index contributed by atoms with van der Waals surface area (Å²) < 4.78 is 0. The zero-order chi connectivity index (χ0) is 15.9. The van der Waals surface area contributed by atoms with E-state index in [2.05, 4.69) is 65.3 Å². The van der Waals surface area contributed by atoms with Crippen molar-refractivity contribution in [3.8, 4) is 0 Å². The Morgan fingerprint density at radius 3 is 2.64 bits per heavy atom. The lowest BCUT2D eigenvalue weighted by Crippen LogP contribution is -2.20. The van der Waals surface area contributed by atoms with Crippen LogP contribution in [0, 0.1) is 13.8 Å². The predicted octanol–water partition coefficient (Wildman–Crippen LogP) is 3.94. The van der Waals surface area contributed by atoms with Crippen LogP contribution >= 0.6 is 0 Å². The molecule has 22 heavy (non-hydrogen) atoms. The highest BCUT2D eigenvalue weighted by Gasteiger charge is 2.06. The Labute approximate surface area is 133 Å². The van der Waals surface area contributed by atoms with Crippen LogP contribution in [0.3, 0.4) is 0 Å². The van der Waals surface area contributed by atoms with Crippen molar-refractivity contribution in [2.45, 2.75) is 40.2 Å². The summed E-state index contributed by atoms with van der Waals surface area (Å²) in [6.07, 6.45) is 2.36. The lowest BCUT2D eigenvalue weighted by molar-refractivity contribution is 0.756. The molecule has 0 spiro atoms. The van der Waals surface area contributed by atoms with Crippen LogP contribution in [0.25, 0.3) is 0 Å². The van der Waals surface area contributed by atoms with Crippen molar-refractivity contribution in [3.05, 3.63) is 47.3 Å². The number of hydrogen-bond acceptors (Lipinski definition) is 4. The van der Waals surface area contributed by atoms with Crippen LogP contribution < -0.4 is 10.2 Å². The van der Waals surface area contributed by atoms with Crippen molar-refractivity contribution in [3.63, 3.8) is 0 Å². The molecule has 0 aliphatic heterocycles. The Bertz CT molecular complexity index is 610. The second-order valence-corrected chi connectivity index (χ2v) is 5.71. The minimum atomic E-state index is 0.779. The summed E-state index contributed by atoms with van der Waals surface area (Å²) in [7, 11) is 2.09. The molecular weight excluding hydrogens is 272 g/mol. The van der Waals surface area contributed by atoms with E-state index in [0.717, 1.165) is 30.5 Å². The molecule has 2 rings (SSSR count). The van der Waals surface area contributed by atoms with Gasteiger partial charge in [0.15, 0.2) is 0 Å². The third kappa shape index (κ3) is 4.45. The molecule has 4 nitrogen and oxygen atoms in total. The highest BCUT2D eigenvalue weighted by atomic mass is 15.2. The zero-order valence-electron chi connectivity index (χ0n) is 14.1. The molecule has 0 bridgehead atoms. The first kappa shape index (κ1) is 16.3. The van der Waals surface area contributed by atoms with E-state index in [4.69, 9.17) is 0 Å². The van der Waals surface area contributed by atoms with Crippen LogP contribution in [0.5, 0.6) is 0 Å². The van der Waals surface area contributed by atoms with Gasteiger partial charge in [-0.3, -0.25) is 0 Å². The number of rotatable bonds is 7. The van der Waals surface area contributed by atoms with Gasteiger partial charge in [-0.15, -0.1) is 0 Å². The molecule has 4 heteroatoms. The summed E-state index contributed by atoms with van der Waals surface area (Å²) in [5.41, 5.74) is 2.58. The van der Waals surface area contributed by atoms with Gasteiger partial charge in [0.05, 0.1) is 0 Å². The number of benzene rings is 1. The summed E-state index contributed by atoms with van der Waals surface area (Å²) in [5, 5.41) is 3.42. The Hall–Kier alpha value is -2.10. The Morgan fingerprint density at radius 1 is 1.14 bits per heavy atom. The van der Waals surface area contributed by atoms with E-state index in [-0.39, 0.29) is 0 Å². The van der Waals surface area contributed by atoms with Gasteiger partial charge < -0.3 is 10.2 Å². The van der Waals surface area contributed by atoms with E-state index < -0.39 is 0 Å². The molecule has 0 unspecified atom stereocenters. The zero-order valence-corrected chi connectivity index (χ0v) is 14.1. The van der Waals surface area contributed by atoms with Crippen LogP contribution in [0.15, 0.2) is 30.3 Å². The van der Waals surface area contributed by atoms with Crippen molar-refractivity contribution in [2.24, 2.45) is 0 Å². The van der Waals surface area contributed by atoms with Gasteiger partial charge in [0, 0.05) is 26.2 Å². The molecule has 0 saturated carbocycles. The SMILES string of the molecule is CCCCN(C)c1cc(NCc2ccccc2C)nc(C)n1. The molecule has 1 N–H and O–H groups in total. The maximum absolute atomic E-state index is 4.53. The summed E-state index contributed by atoms with van der Waals surface area (Å²) in [6, 6.07) is 10.4. The Morgan fingerprint density at radius 2 is 1.91 bits per heavy atom. The van der Waals surface area contributed by atoms with Crippen LogP contribution in [0.1, 0.15) is 36.7 Å². The number of anilines is 2. The number of nitrogens with zero attached hydrogens (tertiary/aromatic N) is 3. The smallest absolute Gasteiger partial charge is 0.134 e. The van der Waals surface area contributed by atoms with E-state index in [0.29, 0.717) is 0 Å². The molecule has 0 atom stereocenters. The average molecular weight is 298 g/mol. The van der Waals surface area contributed by atoms with Crippen LogP contribution in [-0.2, 0) is 6.54 Å². The quantitative estimate of drug-likeness (QED) is 0.840. The van der Waals surface area contributed by atoms with E-state index >= 15 is 0 Å². The maximum Gasteiger partial charge on any atom is 0.134 e. The first-order chi connectivity index (χ1) is 10.6. The normalized spacial score (nSPS) is 10.5. The standard InChI is InChI=1S/C18H26N4/c1-5-6-11-22(4)18-12-17(20-15(3)21-18)19-13-16-10-8-7-9-14(16)2/h7-10,12H,5-6,11,13H2,1-4H3,(H,19,20,21). The highest BCUT2D eigenvalue weighted by molar-refractivity contribution is 5.49. The van der Waals surface area contributed by atoms with Crippen molar-refractivity contribution in [1.29, 1.82) is 0 Å². The van der Waals surface area contributed by atoms with Gasteiger partial charge in [-0.05, 0) is 31.4 Å².